The molecule has 0 aromatic heterocycles. The summed E-state index contributed by atoms with van der Waals surface area (Å²) < 4.78 is 25.4. The Hall–Kier alpha value is -1.26. The van der Waals surface area contributed by atoms with E-state index >= 15 is 0 Å². The van der Waals surface area contributed by atoms with Crippen molar-refractivity contribution in [1.29, 1.82) is 0 Å². The molecule has 2 nitrogen and oxygen atoms in total. The van der Waals surface area contributed by atoms with Crippen molar-refractivity contribution in [1.82, 2.24) is 0 Å². The second-order valence-corrected chi connectivity index (χ2v) is 5.82. The van der Waals surface area contributed by atoms with E-state index in [1.54, 1.807) is 25.3 Å². The molecule has 5 heteroatoms. The standard InChI is InChI=1S/C16H15BrClFO2/c1-9-4-5-10(12(19)8-9)15(18)11-6-7-13(20-2)14(17)16(11)21-3/h4-8,15H,1-3H3. The van der Waals surface area contributed by atoms with Crippen LogP contribution in [-0.4, -0.2) is 14.2 Å². The normalized spacial score (nSPS) is 12.1. The summed E-state index contributed by atoms with van der Waals surface area (Å²) in [6.45, 7) is 1.83. The van der Waals surface area contributed by atoms with Crippen LogP contribution in [0.15, 0.2) is 34.8 Å². The van der Waals surface area contributed by atoms with Gasteiger partial charge in [0.15, 0.2) is 0 Å². The number of ether oxygens (including phenoxy) is 2. The number of rotatable bonds is 4. The molecule has 0 aliphatic carbocycles. The van der Waals surface area contributed by atoms with Gasteiger partial charge in [0.1, 0.15) is 21.8 Å². The molecule has 2 rings (SSSR count). The molecular weight excluding hydrogens is 359 g/mol. The Kier molecular flexibility index (Phi) is 5.12. The third-order valence-corrected chi connectivity index (χ3v) is 4.44. The van der Waals surface area contributed by atoms with Gasteiger partial charge in [-0.15, -0.1) is 11.6 Å². The van der Waals surface area contributed by atoms with Gasteiger partial charge in [-0.3, -0.25) is 0 Å². The summed E-state index contributed by atoms with van der Waals surface area (Å²) in [6, 6.07) is 8.54. The van der Waals surface area contributed by atoms with Crippen LogP contribution in [-0.2, 0) is 0 Å². The molecule has 0 spiro atoms. The molecule has 0 N–H and O–H groups in total. The van der Waals surface area contributed by atoms with Crippen LogP contribution in [0.3, 0.4) is 0 Å². The predicted octanol–water partition coefficient (Wildman–Crippen LogP) is 5.24. The summed E-state index contributed by atoms with van der Waals surface area (Å²) >= 11 is 9.88. The van der Waals surface area contributed by atoms with Crippen molar-refractivity contribution >= 4 is 27.5 Å². The molecule has 0 bridgehead atoms. The van der Waals surface area contributed by atoms with Crippen molar-refractivity contribution in [3.05, 3.63) is 57.3 Å². The molecule has 21 heavy (non-hydrogen) atoms. The van der Waals surface area contributed by atoms with E-state index < -0.39 is 5.38 Å². The lowest BCUT2D eigenvalue weighted by Crippen LogP contribution is -2.02. The van der Waals surface area contributed by atoms with Crippen molar-refractivity contribution in [3.8, 4) is 11.5 Å². The highest BCUT2D eigenvalue weighted by Crippen LogP contribution is 2.43. The number of hydrogen-bond acceptors (Lipinski definition) is 2. The van der Waals surface area contributed by atoms with Crippen LogP contribution < -0.4 is 9.47 Å². The smallest absolute Gasteiger partial charge is 0.141 e. The summed E-state index contributed by atoms with van der Waals surface area (Å²) in [7, 11) is 3.11. The number of alkyl halides is 1. The maximum atomic E-state index is 14.1. The molecule has 1 atom stereocenters. The first kappa shape index (κ1) is 16.1. The van der Waals surface area contributed by atoms with Gasteiger partial charge in [0.05, 0.1) is 19.6 Å². The Balaban J connectivity index is 2.52. The minimum atomic E-state index is -0.650. The maximum absolute atomic E-state index is 14.1. The zero-order chi connectivity index (χ0) is 15.6. The molecule has 2 aromatic carbocycles. The largest absolute Gasteiger partial charge is 0.495 e. The Morgan fingerprint density at radius 3 is 2.33 bits per heavy atom. The summed E-state index contributed by atoms with van der Waals surface area (Å²) in [5, 5.41) is -0.650. The van der Waals surface area contributed by atoms with Crippen LogP contribution in [0.4, 0.5) is 4.39 Å². The second-order valence-electron chi connectivity index (χ2n) is 4.59. The van der Waals surface area contributed by atoms with E-state index in [2.05, 4.69) is 15.9 Å². The fourth-order valence-electron chi connectivity index (χ4n) is 2.12. The molecule has 0 radical (unpaired) electrons. The number of benzene rings is 2. The van der Waals surface area contributed by atoms with E-state index in [4.69, 9.17) is 21.1 Å². The molecule has 0 saturated carbocycles. The predicted molar refractivity (Wildman–Crippen MR) is 86.1 cm³/mol. The van der Waals surface area contributed by atoms with Gasteiger partial charge in [-0.05, 0) is 46.6 Å². The van der Waals surface area contributed by atoms with Crippen LogP contribution in [0.1, 0.15) is 22.1 Å². The Morgan fingerprint density at radius 2 is 1.76 bits per heavy atom. The van der Waals surface area contributed by atoms with Gasteiger partial charge in [-0.25, -0.2) is 4.39 Å². The van der Waals surface area contributed by atoms with Gasteiger partial charge in [-0.2, -0.15) is 0 Å². The fraction of sp³-hybridized carbons (Fsp3) is 0.250. The quantitative estimate of drug-likeness (QED) is 0.682. The monoisotopic (exact) mass is 372 g/mol. The SMILES string of the molecule is COc1ccc(C(Cl)c2ccc(C)cc2F)c(OC)c1Br. The van der Waals surface area contributed by atoms with Crippen molar-refractivity contribution in [2.75, 3.05) is 14.2 Å². The van der Waals surface area contributed by atoms with Gasteiger partial charge >= 0.3 is 0 Å². The molecule has 0 saturated heterocycles. The molecule has 0 aliphatic rings. The van der Waals surface area contributed by atoms with Gasteiger partial charge in [-0.1, -0.05) is 12.1 Å². The maximum Gasteiger partial charge on any atom is 0.141 e. The molecule has 2 aromatic rings. The zero-order valence-corrected chi connectivity index (χ0v) is 14.3. The van der Waals surface area contributed by atoms with E-state index in [9.17, 15) is 4.39 Å². The van der Waals surface area contributed by atoms with Crippen LogP contribution in [0.5, 0.6) is 11.5 Å². The second kappa shape index (κ2) is 6.67. The van der Waals surface area contributed by atoms with E-state index in [1.807, 2.05) is 13.0 Å². The first-order valence-electron chi connectivity index (χ1n) is 6.30. The Labute approximate surface area is 137 Å². The summed E-state index contributed by atoms with van der Waals surface area (Å²) in [5.74, 6) is 0.835. The van der Waals surface area contributed by atoms with Crippen molar-refractivity contribution in [2.24, 2.45) is 0 Å². The first-order valence-corrected chi connectivity index (χ1v) is 7.53. The lowest BCUT2D eigenvalue weighted by Gasteiger charge is -2.18. The number of halogens is 3. The highest BCUT2D eigenvalue weighted by atomic mass is 79.9. The van der Waals surface area contributed by atoms with Gasteiger partial charge < -0.3 is 9.47 Å². The van der Waals surface area contributed by atoms with Crippen molar-refractivity contribution in [2.45, 2.75) is 12.3 Å². The van der Waals surface area contributed by atoms with E-state index in [0.717, 1.165) is 5.56 Å². The lowest BCUT2D eigenvalue weighted by atomic mass is 10.0. The van der Waals surface area contributed by atoms with Crippen LogP contribution >= 0.6 is 27.5 Å². The first-order chi connectivity index (χ1) is 9.99. The Bertz CT molecular complexity index is 661. The van der Waals surface area contributed by atoms with E-state index in [0.29, 0.717) is 27.1 Å². The number of methoxy groups -OCH3 is 2. The topological polar surface area (TPSA) is 18.5 Å². The van der Waals surface area contributed by atoms with E-state index in [-0.39, 0.29) is 5.82 Å². The van der Waals surface area contributed by atoms with Crippen LogP contribution in [0.2, 0.25) is 0 Å². The van der Waals surface area contributed by atoms with Gasteiger partial charge in [0.25, 0.3) is 0 Å². The molecule has 0 amide bonds. The zero-order valence-electron chi connectivity index (χ0n) is 11.9. The van der Waals surface area contributed by atoms with Crippen LogP contribution in [0.25, 0.3) is 0 Å². The molecular formula is C16H15BrClFO2. The van der Waals surface area contributed by atoms with Gasteiger partial charge in [0, 0.05) is 11.1 Å². The lowest BCUT2D eigenvalue weighted by molar-refractivity contribution is 0.386. The summed E-state index contributed by atoms with van der Waals surface area (Å²) in [5.41, 5.74) is 1.94. The van der Waals surface area contributed by atoms with Gasteiger partial charge in [0.2, 0.25) is 0 Å². The summed E-state index contributed by atoms with van der Waals surface area (Å²) in [4.78, 5) is 0. The highest BCUT2D eigenvalue weighted by Gasteiger charge is 2.22. The Morgan fingerprint density at radius 1 is 1.10 bits per heavy atom. The highest BCUT2D eigenvalue weighted by molar-refractivity contribution is 9.10. The van der Waals surface area contributed by atoms with E-state index in [1.165, 1.54) is 13.2 Å². The number of aryl methyl sites for hydroxylation is 1. The summed E-state index contributed by atoms with van der Waals surface area (Å²) in [6.07, 6.45) is 0. The fourth-order valence-corrected chi connectivity index (χ4v) is 3.16. The third kappa shape index (κ3) is 3.16. The molecule has 0 fully saturated rings. The molecule has 112 valence electrons. The van der Waals surface area contributed by atoms with Crippen LogP contribution in [0, 0.1) is 12.7 Å². The van der Waals surface area contributed by atoms with Crippen molar-refractivity contribution in [3.63, 3.8) is 0 Å². The number of hydrogen-bond donors (Lipinski definition) is 0. The minimum Gasteiger partial charge on any atom is -0.495 e. The minimum absolute atomic E-state index is 0.330. The molecule has 0 heterocycles. The molecule has 1 unspecified atom stereocenters. The third-order valence-electron chi connectivity index (χ3n) is 3.22. The molecule has 0 aliphatic heterocycles. The average Bonchev–Trinajstić information content (AvgIpc) is 2.46. The average molecular weight is 374 g/mol. The van der Waals surface area contributed by atoms with Crippen molar-refractivity contribution < 1.29 is 13.9 Å².